The predicted molar refractivity (Wildman–Crippen MR) is 61.5 cm³/mol. The number of rotatable bonds is 4. The third kappa shape index (κ3) is 5.25. The quantitative estimate of drug-likeness (QED) is 0.540. The molecule has 0 N–H and O–H groups in total. The molecule has 1 aliphatic heterocycles. The molecule has 19 heavy (non-hydrogen) atoms. The standard InChI is InChI=1S/C12H17O7/c1-7(13)17-6-11-12(19-9(3)15)10(4-5-16-11)18-8(2)14/h5,10-12H,4,6H2,1-3H3/t10-,11-,12+/m1/s1. The first-order chi connectivity index (χ1) is 8.90. The lowest BCUT2D eigenvalue weighted by molar-refractivity contribution is -0.192. The number of hydrogen-bond acceptors (Lipinski definition) is 7. The van der Waals surface area contributed by atoms with Gasteiger partial charge in [-0.1, -0.05) is 0 Å². The molecule has 0 aromatic carbocycles. The molecule has 1 aliphatic rings. The first kappa shape index (κ1) is 15.4. The molecule has 1 fully saturated rings. The maximum atomic E-state index is 11.1. The van der Waals surface area contributed by atoms with Crippen LogP contribution in [0.25, 0.3) is 0 Å². The highest BCUT2D eigenvalue weighted by molar-refractivity contribution is 5.67. The van der Waals surface area contributed by atoms with E-state index in [1.165, 1.54) is 27.4 Å². The Morgan fingerprint density at radius 1 is 1.11 bits per heavy atom. The Labute approximate surface area is 111 Å². The van der Waals surface area contributed by atoms with E-state index in [0.29, 0.717) is 6.42 Å². The van der Waals surface area contributed by atoms with Gasteiger partial charge < -0.3 is 18.9 Å². The first-order valence-electron chi connectivity index (χ1n) is 5.85. The molecule has 107 valence electrons. The summed E-state index contributed by atoms with van der Waals surface area (Å²) in [5.74, 6) is -1.48. The summed E-state index contributed by atoms with van der Waals surface area (Å²) < 4.78 is 20.3. The van der Waals surface area contributed by atoms with Crippen molar-refractivity contribution in [2.75, 3.05) is 6.61 Å². The van der Waals surface area contributed by atoms with E-state index in [-0.39, 0.29) is 6.61 Å². The van der Waals surface area contributed by atoms with Gasteiger partial charge in [0.2, 0.25) is 0 Å². The van der Waals surface area contributed by atoms with Crippen LogP contribution >= 0.6 is 0 Å². The minimum atomic E-state index is -0.800. The van der Waals surface area contributed by atoms with Gasteiger partial charge >= 0.3 is 17.9 Å². The van der Waals surface area contributed by atoms with Crippen molar-refractivity contribution in [3.63, 3.8) is 0 Å². The zero-order valence-corrected chi connectivity index (χ0v) is 11.1. The zero-order chi connectivity index (χ0) is 14.4. The largest absolute Gasteiger partial charge is 0.463 e. The summed E-state index contributed by atoms with van der Waals surface area (Å²) in [6, 6.07) is 0. The molecule has 0 aromatic rings. The van der Waals surface area contributed by atoms with Crippen molar-refractivity contribution in [1.29, 1.82) is 0 Å². The molecule has 1 saturated heterocycles. The fourth-order valence-corrected chi connectivity index (χ4v) is 1.73. The lowest BCUT2D eigenvalue weighted by Crippen LogP contribution is -2.49. The monoisotopic (exact) mass is 273 g/mol. The van der Waals surface area contributed by atoms with Gasteiger partial charge in [-0.25, -0.2) is 0 Å². The fourth-order valence-electron chi connectivity index (χ4n) is 1.73. The zero-order valence-electron chi connectivity index (χ0n) is 11.1. The van der Waals surface area contributed by atoms with E-state index < -0.39 is 36.2 Å². The molecule has 0 aliphatic carbocycles. The second-order valence-electron chi connectivity index (χ2n) is 4.10. The third-order valence-electron chi connectivity index (χ3n) is 2.40. The van der Waals surface area contributed by atoms with Gasteiger partial charge in [-0.15, -0.1) is 0 Å². The van der Waals surface area contributed by atoms with Crippen LogP contribution in [0.5, 0.6) is 0 Å². The predicted octanol–water partition coefficient (Wildman–Crippen LogP) is 0.364. The molecular weight excluding hydrogens is 256 g/mol. The van der Waals surface area contributed by atoms with Gasteiger partial charge in [0.05, 0.1) is 6.61 Å². The van der Waals surface area contributed by atoms with Crippen molar-refractivity contribution in [2.45, 2.75) is 45.5 Å². The molecule has 1 rings (SSSR count). The summed E-state index contributed by atoms with van der Waals surface area (Å²) in [7, 11) is 0. The number of carbonyl (C=O) groups excluding carboxylic acids is 3. The molecule has 0 unspecified atom stereocenters. The van der Waals surface area contributed by atoms with Gasteiger partial charge in [0, 0.05) is 27.2 Å². The molecule has 7 heteroatoms. The minimum absolute atomic E-state index is 0.0818. The van der Waals surface area contributed by atoms with Gasteiger partial charge in [-0.3, -0.25) is 14.4 Å². The van der Waals surface area contributed by atoms with Crippen molar-refractivity contribution in [2.24, 2.45) is 0 Å². The average Bonchev–Trinajstić information content (AvgIpc) is 2.28. The fraction of sp³-hybridized carbons (Fsp3) is 0.667. The molecule has 1 radical (unpaired) electrons. The Hall–Kier alpha value is -1.63. The molecule has 1 heterocycles. The Kier molecular flexibility index (Phi) is 5.75. The summed E-state index contributed by atoms with van der Waals surface area (Å²) in [6.07, 6.45) is -1.83. The van der Waals surface area contributed by atoms with Crippen LogP contribution in [0.2, 0.25) is 0 Å². The van der Waals surface area contributed by atoms with Gasteiger partial charge in [-0.05, 0) is 0 Å². The maximum Gasteiger partial charge on any atom is 0.303 e. The van der Waals surface area contributed by atoms with E-state index in [1.54, 1.807) is 0 Å². The summed E-state index contributed by atoms with van der Waals surface area (Å²) in [6.45, 7) is 5.13. The Morgan fingerprint density at radius 3 is 2.26 bits per heavy atom. The van der Waals surface area contributed by atoms with Crippen LogP contribution in [-0.4, -0.2) is 42.8 Å². The van der Waals surface area contributed by atoms with Crippen LogP contribution in [-0.2, 0) is 33.3 Å². The highest BCUT2D eigenvalue weighted by Crippen LogP contribution is 2.24. The Morgan fingerprint density at radius 2 is 1.74 bits per heavy atom. The average molecular weight is 273 g/mol. The smallest absolute Gasteiger partial charge is 0.303 e. The number of hydrogen-bond donors (Lipinski definition) is 0. The van der Waals surface area contributed by atoms with E-state index in [0.717, 1.165) is 0 Å². The van der Waals surface area contributed by atoms with Crippen molar-refractivity contribution in [3.8, 4) is 0 Å². The molecule has 0 bridgehead atoms. The minimum Gasteiger partial charge on any atom is -0.463 e. The van der Waals surface area contributed by atoms with Gasteiger partial charge in [0.1, 0.15) is 18.8 Å². The molecule has 0 amide bonds. The van der Waals surface area contributed by atoms with Gasteiger partial charge in [0.25, 0.3) is 0 Å². The van der Waals surface area contributed by atoms with Crippen LogP contribution in [0.15, 0.2) is 0 Å². The van der Waals surface area contributed by atoms with E-state index in [2.05, 4.69) is 0 Å². The Bertz CT molecular complexity index is 352. The van der Waals surface area contributed by atoms with Gasteiger partial charge in [-0.2, -0.15) is 0 Å². The normalized spacial score (nSPS) is 26.4. The lowest BCUT2D eigenvalue weighted by Gasteiger charge is -2.35. The van der Waals surface area contributed by atoms with E-state index in [1.807, 2.05) is 0 Å². The highest BCUT2D eigenvalue weighted by Gasteiger charge is 2.39. The second-order valence-corrected chi connectivity index (χ2v) is 4.10. The Balaban J connectivity index is 2.72. The van der Waals surface area contributed by atoms with E-state index in [9.17, 15) is 14.4 Å². The molecule has 0 spiro atoms. The van der Waals surface area contributed by atoms with Crippen LogP contribution in [0, 0.1) is 6.61 Å². The lowest BCUT2D eigenvalue weighted by atomic mass is 10.0. The number of esters is 3. The summed E-state index contributed by atoms with van der Waals surface area (Å²) in [5.41, 5.74) is 0. The highest BCUT2D eigenvalue weighted by atomic mass is 16.6. The molecule has 3 atom stereocenters. The van der Waals surface area contributed by atoms with Crippen molar-refractivity contribution >= 4 is 17.9 Å². The molecule has 0 saturated carbocycles. The number of carbonyl (C=O) groups is 3. The summed E-state index contributed by atoms with van der Waals surface area (Å²) in [4.78, 5) is 32.9. The SMILES string of the molecule is CC(=O)OC[C@H]1O[CH]C[C@@H](OC(C)=O)[C@@H]1OC(C)=O. The third-order valence-corrected chi connectivity index (χ3v) is 2.40. The number of ether oxygens (including phenoxy) is 4. The van der Waals surface area contributed by atoms with Crippen LogP contribution < -0.4 is 0 Å². The molecular formula is C12H17O7. The van der Waals surface area contributed by atoms with Crippen molar-refractivity contribution in [3.05, 3.63) is 6.61 Å². The molecule has 0 aromatic heterocycles. The van der Waals surface area contributed by atoms with Crippen molar-refractivity contribution in [1.82, 2.24) is 0 Å². The maximum absolute atomic E-state index is 11.1. The van der Waals surface area contributed by atoms with Crippen LogP contribution in [0.3, 0.4) is 0 Å². The van der Waals surface area contributed by atoms with Crippen molar-refractivity contribution < 1.29 is 33.3 Å². The second kappa shape index (κ2) is 7.08. The van der Waals surface area contributed by atoms with E-state index in [4.69, 9.17) is 18.9 Å². The molecule has 7 nitrogen and oxygen atoms in total. The summed E-state index contributed by atoms with van der Waals surface area (Å²) in [5, 5.41) is 0. The van der Waals surface area contributed by atoms with Gasteiger partial charge in [0.15, 0.2) is 6.10 Å². The van der Waals surface area contributed by atoms with Crippen LogP contribution in [0.1, 0.15) is 27.2 Å². The summed E-state index contributed by atoms with van der Waals surface area (Å²) >= 11 is 0. The van der Waals surface area contributed by atoms with Crippen LogP contribution in [0.4, 0.5) is 0 Å². The topological polar surface area (TPSA) is 88.1 Å². The first-order valence-corrected chi connectivity index (χ1v) is 5.85. The van der Waals surface area contributed by atoms with E-state index >= 15 is 0 Å².